The molecule has 29 heavy (non-hydrogen) atoms. The van der Waals surface area contributed by atoms with Crippen LogP contribution in [0.25, 0.3) is 11.3 Å². The first-order chi connectivity index (χ1) is 13.8. The van der Waals surface area contributed by atoms with E-state index in [0.717, 1.165) is 0 Å². The summed E-state index contributed by atoms with van der Waals surface area (Å²) in [5, 5.41) is 2.74. The summed E-state index contributed by atoms with van der Waals surface area (Å²) in [7, 11) is 0. The highest BCUT2D eigenvalue weighted by atomic mass is 19.1. The second kappa shape index (κ2) is 8.34. The molecule has 0 aliphatic carbocycles. The molecular formula is C20H18FN5O3. The monoisotopic (exact) mass is 395 g/mol. The van der Waals surface area contributed by atoms with Crippen LogP contribution in [0.5, 0.6) is 11.5 Å². The van der Waals surface area contributed by atoms with Crippen molar-refractivity contribution in [2.75, 3.05) is 5.32 Å². The van der Waals surface area contributed by atoms with Gasteiger partial charge in [-0.3, -0.25) is 9.59 Å². The predicted molar refractivity (Wildman–Crippen MR) is 105 cm³/mol. The topological polar surface area (TPSA) is 133 Å². The maximum absolute atomic E-state index is 13.0. The molecule has 9 heteroatoms. The fourth-order valence-corrected chi connectivity index (χ4v) is 2.38. The lowest BCUT2D eigenvalue weighted by atomic mass is 10.1. The maximum atomic E-state index is 13.0. The van der Waals surface area contributed by atoms with Gasteiger partial charge in [-0.25, -0.2) is 14.4 Å². The maximum Gasteiger partial charge on any atom is 0.267 e. The zero-order chi connectivity index (χ0) is 21.0. The number of halogens is 1. The van der Waals surface area contributed by atoms with Gasteiger partial charge in [0.15, 0.2) is 0 Å². The summed E-state index contributed by atoms with van der Waals surface area (Å²) in [6.07, 6.45) is 0. The third kappa shape index (κ3) is 5.04. The van der Waals surface area contributed by atoms with E-state index in [0.29, 0.717) is 22.8 Å². The van der Waals surface area contributed by atoms with Gasteiger partial charge in [0.2, 0.25) is 11.9 Å². The van der Waals surface area contributed by atoms with Crippen LogP contribution in [-0.2, 0) is 4.79 Å². The second-order valence-electron chi connectivity index (χ2n) is 6.18. The van der Waals surface area contributed by atoms with Gasteiger partial charge in [-0.15, -0.1) is 0 Å². The number of primary amides is 2. The molecule has 0 saturated carbocycles. The van der Waals surface area contributed by atoms with E-state index in [-0.39, 0.29) is 17.5 Å². The Morgan fingerprint density at radius 1 is 1.00 bits per heavy atom. The number of carbonyl (C=O) groups excluding carboxylic acids is 2. The third-order valence-electron chi connectivity index (χ3n) is 3.95. The Bertz CT molecular complexity index is 1040. The first kappa shape index (κ1) is 19.7. The van der Waals surface area contributed by atoms with Crippen molar-refractivity contribution < 1.29 is 18.7 Å². The first-order valence-electron chi connectivity index (χ1n) is 8.60. The lowest BCUT2D eigenvalue weighted by Crippen LogP contribution is -2.33. The van der Waals surface area contributed by atoms with Crippen molar-refractivity contribution in [3.05, 3.63) is 66.1 Å². The molecule has 0 spiro atoms. The summed E-state index contributed by atoms with van der Waals surface area (Å²) in [4.78, 5) is 31.2. The van der Waals surface area contributed by atoms with Gasteiger partial charge in [0.05, 0.1) is 5.69 Å². The Labute approximate surface area is 165 Å². The minimum atomic E-state index is -0.738. The van der Waals surface area contributed by atoms with Crippen LogP contribution in [0.4, 0.5) is 10.3 Å². The number of anilines is 1. The molecular weight excluding hydrogens is 377 g/mol. The molecule has 0 radical (unpaired) electrons. The van der Waals surface area contributed by atoms with E-state index in [1.54, 1.807) is 31.2 Å². The third-order valence-corrected chi connectivity index (χ3v) is 3.95. The number of nitrogens with two attached hydrogens (primary N) is 2. The van der Waals surface area contributed by atoms with E-state index >= 15 is 0 Å². The smallest absolute Gasteiger partial charge is 0.267 e. The number of nitrogens with zero attached hydrogens (tertiary/aromatic N) is 2. The zero-order valence-corrected chi connectivity index (χ0v) is 15.4. The van der Waals surface area contributed by atoms with Gasteiger partial charge in [0.25, 0.3) is 5.91 Å². The summed E-state index contributed by atoms with van der Waals surface area (Å²) in [5.74, 6) is -0.609. The van der Waals surface area contributed by atoms with E-state index in [9.17, 15) is 14.0 Å². The van der Waals surface area contributed by atoms with Gasteiger partial charge < -0.3 is 21.5 Å². The van der Waals surface area contributed by atoms with Gasteiger partial charge in [-0.2, -0.15) is 0 Å². The van der Waals surface area contributed by atoms with Gasteiger partial charge in [-0.1, -0.05) is 0 Å². The highest BCUT2D eigenvalue weighted by Crippen LogP contribution is 2.26. The molecule has 0 aliphatic rings. The Kier molecular flexibility index (Phi) is 5.68. The van der Waals surface area contributed by atoms with Crippen molar-refractivity contribution >= 4 is 17.8 Å². The number of ether oxygens (including phenoxy) is 1. The van der Waals surface area contributed by atoms with Crippen LogP contribution in [0, 0.1) is 5.82 Å². The van der Waals surface area contributed by atoms with Crippen LogP contribution in [0.1, 0.15) is 17.4 Å². The minimum Gasteiger partial charge on any atom is -0.457 e. The molecule has 1 heterocycles. The molecule has 8 nitrogen and oxygen atoms in total. The highest BCUT2D eigenvalue weighted by molar-refractivity contribution is 5.92. The molecule has 1 aromatic heterocycles. The van der Waals surface area contributed by atoms with Crippen LogP contribution >= 0.6 is 0 Å². The number of rotatable bonds is 7. The Morgan fingerprint density at radius 2 is 1.59 bits per heavy atom. The Hall–Kier alpha value is -4.01. The standard InChI is InChI=1S/C20H18FN5O3/c1-11(18(22)27)24-20-25-16(10-17(26-20)19(23)28)12-2-6-14(7-3-12)29-15-8-4-13(21)5-9-15/h2-11H,1H3,(H2,22,27)(H2,23,28)(H,24,25,26)/t11-/m0/s1. The van der Waals surface area contributed by atoms with Crippen LogP contribution in [-0.4, -0.2) is 27.8 Å². The fourth-order valence-electron chi connectivity index (χ4n) is 2.38. The molecule has 2 aromatic carbocycles. The lowest BCUT2D eigenvalue weighted by Gasteiger charge is -2.12. The number of benzene rings is 2. The van der Waals surface area contributed by atoms with Gasteiger partial charge in [0.1, 0.15) is 29.1 Å². The minimum absolute atomic E-state index is 0.0131. The van der Waals surface area contributed by atoms with Crippen molar-refractivity contribution in [3.8, 4) is 22.8 Å². The molecule has 0 aliphatic heterocycles. The molecule has 0 fully saturated rings. The molecule has 148 valence electrons. The van der Waals surface area contributed by atoms with E-state index in [4.69, 9.17) is 16.2 Å². The second-order valence-corrected chi connectivity index (χ2v) is 6.18. The van der Waals surface area contributed by atoms with E-state index in [2.05, 4.69) is 15.3 Å². The first-order valence-corrected chi connectivity index (χ1v) is 8.60. The van der Waals surface area contributed by atoms with Crippen LogP contribution in [0.2, 0.25) is 0 Å². The van der Waals surface area contributed by atoms with Gasteiger partial charge >= 0.3 is 0 Å². The van der Waals surface area contributed by atoms with E-state index in [1.165, 1.54) is 30.3 Å². The van der Waals surface area contributed by atoms with Gasteiger partial charge in [-0.05, 0) is 61.5 Å². The number of amides is 2. The Morgan fingerprint density at radius 3 is 2.14 bits per heavy atom. The molecule has 1 atom stereocenters. The van der Waals surface area contributed by atoms with Crippen molar-refractivity contribution in [2.45, 2.75) is 13.0 Å². The number of aromatic nitrogens is 2. The normalized spacial score (nSPS) is 11.5. The molecule has 3 aromatic rings. The number of carbonyl (C=O) groups is 2. The van der Waals surface area contributed by atoms with Crippen molar-refractivity contribution in [1.82, 2.24) is 9.97 Å². The van der Waals surface area contributed by atoms with Crippen molar-refractivity contribution in [1.29, 1.82) is 0 Å². The summed E-state index contributed by atoms with van der Waals surface area (Å²) in [5.41, 5.74) is 11.6. The predicted octanol–water partition coefficient (Wildman–Crippen LogP) is 2.46. The zero-order valence-electron chi connectivity index (χ0n) is 15.4. The summed E-state index contributed by atoms with van der Waals surface area (Å²) in [6.45, 7) is 1.55. The summed E-state index contributed by atoms with van der Waals surface area (Å²) >= 11 is 0. The van der Waals surface area contributed by atoms with Crippen molar-refractivity contribution in [3.63, 3.8) is 0 Å². The Balaban J connectivity index is 1.86. The SMILES string of the molecule is C[C@H](Nc1nc(C(N)=O)cc(-c2ccc(Oc3ccc(F)cc3)cc2)n1)C(N)=O. The summed E-state index contributed by atoms with van der Waals surface area (Å²) < 4.78 is 18.6. The van der Waals surface area contributed by atoms with Crippen LogP contribution in [0.3, 0.4) is 0 Å². The van der Waals surface area contributed by atoms with E-state index in [1.807, 2.05) is 0 Å². The van der Waals surface area contributed by atoms with Gasteiger partial charge in [0, 0.05) is 5.56 Å². The largest absolute Gasteiger partial charge is 0.457 e. The van der Waals surface area contributed by atoms with Crippen LogP contribution in [0.15, 0.2) is 54.6 Å². The van der Waals surface area contributed by atoms with Crippen LogP contribution < -0.4 is 21.5 Å². The van der Waals surface area contributed by atoms with Crippen molar-refractivity contribution in [2.24, 2.45) is 11.5 Å². The lowest BCUT2D eigenvalue weighted by molar-refractivity contribution is -0.118. The average Bonchev–Trinajstić information content (AvgIpc) is 2.70. The molecule has 5 N–H and O–H groups in total. The summed E-state index contributed by atoms with van der Waals surface area (Å²) in [6, 6.07) is 13.2. The number of hydrogen-bond donors (Lipinski definition) is 3. The molecule has 3 rings (SSSR count). The molecule has 0 bridgehead atoms. The average molecular weight is 395 g/mol. The fraction of sp³-hybridized carbons (Fsp3) is 0.100. The quantitative estimate of drug-likeness (QED) is 0.563. The highest BCUT2D eigenvalue weighted by Gasteiger charge is 2.14. The molecule has 0 unspecified atom stereocenters. The molecule has 2 amide bonds. The number of hydrogen-bond acceptors (Lipinski definition) is 6. The van der Waals surface area contributed by atoms with E-state index < -0.39 is 17.9 Å². The molecule has 0 saturated heterocycles. The number of nitrogens with one attached hydrogen (secondary N) is 1.